The van der Waals surface area contributed by atoms with Gasteiger partial charge in [0.2, 0.25) is 0 Å². The van der Waals surface area contributed by atoms with Gasteiger partial charge in [-0.25, -0.2) is 14.0 Å². The SMILES string of the molecule is CCNC(=O)N(CCOCCOCCOCCOC)C1CCN(Cc2ccc(-c3cc4nccc(Oc5ccc(NC(=O)NC6CC6)cc5F)c4s3)nc2)CC1. The summed E-state index contributed by atoms with van der Waals surface area (Å²) in [7, 11) is 1.64. The molecule has 0 spiro atoms. The number of halogens is 1. The molecule has 0 radical (unpaired) electrons. The molecular formula is C40H52FN7O7S. The molecule has 6 rings (SSSR count). The van der Waals surface area contributed by atoms with Crippen LogP contribution in [0.4, 0.5) is 19.7 Å². The van der Waals surface area contributed by atoms with Crippen LogP contribution >= 0.6 is 11.3 Å². The smallest absolute Gasteiger partial charge is 0.319 e. The van der Waals surface area contributed by atoms with Gasteiger partial charge in [-0.15, -0.1) is 11.3 Å². The molecule has 1 aliphatic carbocycles. The van der Waals surface area contributed by atoms with Crippen LogP contribution in [0.25, 0.3) is 20.8 Å². The zero-order valence-electron chi connectivity index (χ0n) is 32.1. The number of nitrogens with one attached hydrogen (secondary N) is 3. The molecule has 56 heavy (non-hydrogen) atoms. The Morgan fingerprint density at radius 2 is 1.66 bits per heavy atom. The van der Waals surface area contributed by atoms with E-state index >= 15 is 4.39 Å². The molecule has 4 amide bonds. The highest BCUT2D eigenvalue weighted by atomic mass is 32.1. The summed E-state index contributed by atoms with van der Waals surface area (Å²) in [5.41, 5.74) is 2.99. The summed E-state index contributed by atoms with van der Waals surface area (Å²) < 4.78 is 43.5. The Kier molecular flexibility index (Phi) is 15.6. The fourth-order valence-electron chi connectivity index (χ4n) is 6.34. The fourth-order valence-corrected chi connectivity index (χ4v) is 7.38. The maximum Gasteiger partial charge on any atom is 0.319 e. The number of amides is 4. The molecule has 1 saturated carbocycles. The molecule has 302 valence electrons. The average Bonchev–Trinajstić information content (AvgIpc) is 3.90. The summed E-state index contributed by atoms with van der Waals surface area (Å²) in [5.74, 6) is -0.0559. The number of carbonyl (C=O) groups is 2. The summed E-state index contributed by atoms with van der Waals surface area (Å²) in [6, 6.07) is 12.1. The largest absolute Gasteiger partial charge is 0.453 e. The second-order valence-electron chi connectivity index (χ2n) is 13.7. The van der Waals surface area contributed by atoms with E-state index in [0.717, 1.165) is 71.7 Å². The molecule has 1 saturated heterocycles. The predicted molar refractivity (Wildman–Crippen MR) is 213 cm³/mol. The maximum atomic E-state index is 15.0. The number of nitrogens with zero attached hydrogens (tertiary/aromatic N) is 4. The van der Waals surface area contributed by atoms with Crippen molar-refractivity contribution >= 4 is 39.3 Å². The van der Waals surface area contributed by atoms with E-state index in [1.165, 1.54) is 23.5 Å². The number of hydrogen-bond donors (Lipinski definition) is 3. The number of ether oxygens (including phenoxy) is 5. The van der Waals surface area contributed by atoms with Gasteiger partial charge in [0.1, 0.15) is 5.75 Å². The van der Waals surface area contributed by atoms with Gasteiger partial charge in [0.25, 0.3) is 0 Å². The molecule has 14 nitrogen and oxygen atoms in total. The van der Waals surface area contributed by atoms with E-state index in [4.69, 9.17) is 28.7 Å². The molecule has 2 aliphatic rings. The van der Waals surface area contributed by atoms with Crippen molar-refractivity contribution < 1.29 is 37.7 Å². The van der Waals surface area contributed by atoms with E-state index < -0.39 is 5.82 Å². The number of fused-ring (bicyclic) bond motifs is 1. The van der Waals surface area contributed by atoms with Gasteiger partial charge in [0, 0.05) is 82.1 Å². The highest BCUT2D eigenvalue weighted by Gasteiger charge is 2.28. The van der Waals surface area contributed by atoms with Crippen molar-refractivity contribution in [2.24, 2.45) is 0 Å². The van der Waals surface area contributed by atoms with Gasteiger partial charge in [0.15, 0.2) is 11.6 Å². The Balaban J connectivity index is 0.966. The summed E-state index contributed by atoms with van der Waals surface area (Å²) in [6.07, 6.45) is 7.21. The minimum atomic E-state index is -0.587. The molecule has 4 heterocycles. The maximum absolute atomic E-state index is 15.0. The van der Waals surface area contributed by atoms with Gasteiger partial charge >= 0.3 is 12.1 Å². The quantitative estimate of drug-likeness (QED) is 0.0826. The number of hydrogen-bond acceptors (Lipinski definition) is 11. The number of urea groups is 2. The third-order valence-electron chi connectivity index (χ3n) is 9.42. The minimum Gasteiger partial charge on any atom is -0.453 e. The number of pyridine rings is 2. The minimum absolute atomic E-state index is 0.0479. The number of rotatable bonds is 21. The van der Waals surface area contributed by atoms with Crippen LogP contribution in [0.5, 0.6) is 11.5 Å². The summed E-state index contributed by atoms with van der Waals surface area (Å²) in [5, 5.41) is 8.45. The van der Waals surface area contributed by atoms with Gasteiger partial charge in [-0.3, -0.25) is 14.9 Å². The molecule has 16 heteroatoms. The van der Waals surface area contributed by atoms with Gasteiger partial charge < -0.3 is 44.5 Å². The van der Waals surface area contributed by atoms with E-state index in [1.807, 2.05) is 30.2 Å². The van der Waals surface area contributed by atoms with Crippen molar-refractivity contribution in [1.82, 2.24) is 30.4 Å². The molecule has 3 aromatic heterocycles. The standard InChI is InChI=1S/C40H52FN7O7S/c1-3-42-40(50)48(16-17-52-20-21-54-23-22-53-19-18-51-2)31-11-14-47(15-12-31)27-28-4-8-33(44-26-28)37-25-34-38(56-37)36(10-13-43-34)55-35-9-7-30(24-32(35)41)46-39(49)45-29-5-6-29/h4,7-10,13,24-26,29,31H,3,5-6,11-12,14-23,27H2,1-2H3,(H,42,50)(H2,45,46,49). The van der Waals surface area contributed by atoms with Crippen LogP contribution in [-0.2, 0) is 25.5 Å². The van der Waals surface area contributed by atoms with Crippen LogP contribution in [0.3, 0.4) is 0 Å². The molecular weight excluding hydrogens is 742 g/mol. The van der Waals surface area contributed by atoms with Gasteiger partial charge in [-0.2, -0.15) is 0 Å². The lowest BCUT2D eigenvalue weighted by atomic mass is 10.0. The van der Waals surface area contributed by atoms with Gasteiger partial charge in [-0.05, 0) is 62.4 Å². The predicted octanol–water partition coefficient (Wildman–Crippen LogP) is 6.27. The Bertz CT molecular complexity index is 1850. The topological polar surface area (TPSA) is 149 Å². The molecule has 0 unspecified atom stereocenters. The van der Waals surface area contributed by atoms with E-state index in [2.05, 4.69) is 31.9 Å². The Morgan fingerprint density at radius 3 is 2.34 bits per heavy atom. The number of thiophene rings is 1. The Labute approximate surface area is 331 Å². The molecule has 1 aliphatic heterocycles. The summed E-state index contributed by atoms with van der Waals surface area (Å²) in [6.45, 7) is 9.02. The van der Waals surface area contributed by atoms with Crippen molar-refractivity contribution in [2.45, 2.75) is 51.2 Å². The number of likely N-dealkylation sites (tertiary alicyclic amines) is 1. The Morgan fingerprint density at radius 1 is 0.911 bits per heavy atom. The third kappa shape index (κ3) is 12.3. The molecule has 3 N–H and O–H groups in total. The molecule has 4 aromatic rings. The molecule has 1 aromatic carbocycles. The van der Waals surface area contributed by atoms with Crippen LogP contribution < -0.4 is 20.7 Å². The van der Waals surface area contributed by atoms with Crippen LogP contribution in [0.2, 0.25) is 0 Å². The number of carbonyl (C=O) groups excluding carboxylic acids is 2. The van der Waals surface area contributed by atoms with Crippen molar-refractivity contribution in [3.8, 4) is 22.1 Å². The zero-order valence-corrected chi connectivity index (χ0v) is 32.9. The van der Waals surface area contributed by atoms with Crippen molar-refractivity contribution in [3.05, 3.63) is 66.2 Å². The first-order valence-corrected chi connectivity index (χ1v) is 20.1. The lowest BCUT2D eigenvalue weighted by Crippen LogP contribution is -2.51. The van der Waals surface area contributed by atoms with Crippen LogP contribution in [0, 0.1) is 5.82 Å². The normalized spacial score (nSPS) is 14.8. The number of anilines is 1. The monoisotopic (exact) mass is 793 g/mol. The van der Waals surface area contributed by atoms with Gasteiger partial charge in [-0.1, -0.05) is 6.07 Å². The Hall–Kier alpha value is -4.45. The number of benzene rings is 1. The van der Waals surface area contributed by atoms with Crippen molar-refractivity contribution in [3.63, 3.8) is 0 Å². The molecule has 2 fully saturated rings. The van der Waals surface area contributed by atoms with Crippen LogP contribution in [0.1, 0.15) is 38.2 Å². The second kappa shape index (κ2) is 21.2. The number of piperidine rings is 1. The van der Waals surface area contributed by atoms with Crippen molar-refractivity contribution in [2.75, 3.05) is 84.9 Å². The van der Waals surface area contributed by atoms with E-state index in [-0.39, 0.29) is 29.9 Å². The number of aromatic nitrogens is 2. The van der Waals surface area contributed by atoms with Crippen molar-refractivity contribution in [1.29, 1.82) is 0 Å². The van der Waals surface area contributed by atoms with Gasteiger partial charge in [0.05, 0.1) is 67.0 Å². The highest BCUT2D eigenvalue weighted by Crippen LogP contribution is 2.39. The lowest BCUT2D eigenvalue weighted by molar-refractivity contribution is 0.000159. The first-order valence-electron chi connectivity index (χ1n) is 19.3. The molecule has 0 bridgehead atoms. The van der Waals surface area contributed by atoms with E-state index in [9.17, 15) is 9.59 Å². The first-order chi connectivity index (χ1) is 27.4. The van der Waals surface area contributed by atoms with E-state index in [1.54, 1.807) is 25.4 Å². The van der Waals surface area contributed by atoms with Crippen LogP contribution in [0.15, 0.2) is 54.9 Å². The lowest BCUT2D eigenvalue weighted by Gasteiger charge is -2.38. The highest BCUT2D eigenvalue weighted by molar-refractivity contribution is 7.22. The fraction of sp³-hybridized carbons (Fsp3) is 0.500. The first kappa shape index (κ1) is 41.2. The number of methoxy groups -OCH3 is 1. The summed E-state index contributed by atoms with van der Waals surface area (Å²) >= 11 is 1.48. The third-order valence-corrected chi connectivity index (χ3v) is 10.6. The van der Waals surface area contributed by atoms with E-state index in [0.29, 0.717) is 70.8 Å². The zero-order chi connectivity index (χ0) is 39.1. The molecule has 0 atom stereocenters. The average molecular weight is 794 g/mol. The summed E-state index contributed by atoms with van der Waals surface area (Å²) in [4.78, 5) is 39.5. The van der Waals surface area contributed by atoms with Crippen LogP contribution in [-0.4, -0.2) is 123 Å². The second-order valence-corrected chi connectivity index (χ2v) is 14.7.